The standard InChI is InChI=1S/C28H27N3O5/c1-14-25(16(3)36-30-14)21-11-22-20(12-24(21)34-4)26-27(23(13-32)29-22)35-28(33)31(26)15(2)18-6-5-7-19(10-18)17-8-9-17/h5-7,10-12,15,17,32H,8-9,13H2,1-4H3/t15-/m1/s1. The van der Waals surface area contributed by atoms with E-state index in [1.165, 1.54) is 18.4 Å². The van der Waals surface area contributed by atoms with Crippen LogP contribution in [0.4, 0.5) is 0 Å². The second-order valence-corrected chi connectivity index (χ2v) is 9.52. The second kappa shape index (κ2) is 8.34. The lowest BCUT2D eigenvalue weighted by Gasteiger charge is -2.17. The Morgan fingerprint density at radius 1 is 1.22 bits per heavy atom. The highest BCUT2D eigenvalue weighted by Crippen LogP contribution is 2.42. The molecule has 6 rings (SSSR count). The molecule has 8 nitrogen and oxygen atoms in total. The van der Waals surface area contributed by atoms with E-state index in [1.54, 1.807) is 11.7 Å². The summed E-state index contributed by atoms with van der Waals surface area (Å²) in [5.74, 6) is 1.37. The number of fused-ring (bicyclic) bond motifs is 3. The van der Waals surface area contributed by atoms with Crippen molar-refractivity contribution in [2.75, 3.05) is 7.11 Å². The lowest BCUT2D eigenvalue weighted by molar-refractivity contribution is 0.277. The highest BCUT2D eigenvalue weighted by molar-refractivity contribution is 6.05. The van der Waals surface area contributed by atoms with E-state index in [0.717, 1.165) is 22.4 Å². The van der Waals surface area contributed by atoms with E-state index < -0.39 is 5.76 Å². The molecule has 0 saturated heterocycles. The summed E-state index contributed by atoms with van der Waals surface area (Å²) in [7, 11) is 1.60. The normalized spacial score (nSPS) is 14.6. The van der Waals surface area contributed by atoms with Crippen LogP contribution in [0.1, 0.15) is 60.0 Å². The Labute approximate surface area is 207 Å². The molecule has 1 fully saturated rings. The quantitative estimate of drug-likeness (QED) is 0.343. The number of methoxy groups -OCH3 is 1. The van der Waals surface area contributed by atoms with Gasteiger partial charge in [0.2, 0.25) is 0 Å². The summed E-state index contributed by atoms with van der Waals surface area (Å²) in [5, 5.41) is 14.9. The van der Waals surface area contributed by atoms with Crippen molar-refractivity contribution in [3.8, 4) is 16.9 Å². The van der Waals surface area contributed by atoms with Crippen LogP contribution >= 0.6 is 0 Å². The minimum absolute atomic E-state index is 0.285. The SMILES string of the molecule is COc1cc2c(cc1-c1c(C)noc1C)nc(CO)c1oc(=O)n([C@H](C)c3cccc(C4CC4)c3)c12. The van der Waals surface area contributed by atoms with Gasteiger partial charge in [0.1, 0.15) is 22.7 Å². The molecule has 184 valence electrons. The van der Waals surface area contributed by atoms with Gasteiger partial charge in [-0.1, -0.05) is 29.4 Å². The molecule has 2 aromatic carbocycles. The fourth-order valence-corrected chi connectivity index (χ4v) is 5.21. The smallest absolute Gasteiger partial charge is 0.420 e. The Bertz CT molecular complexity index is 1670. The molecular formula is C28H27N3O5. The molecule has 0 unspecified atom stereocenters. The minimum atomic E-state index is -0.493. The van der Waals surface area contributed by atoms with Crippen molar-refractivity contribution in [2.24, 2.45) is 0 Å². The van der Waals surface area contributed by atoms with Gasteiger partial charge in [-0.25, -0.2) is 9.78 Å². The number of aryl methyl sites for hydroxylation is 2. The number of pyridine rings is 1. The van der Waals surface area contributed by atoms with Crippen LogP contribution in [0.25, 0.3) is 33.1 Å². The highest BCUT2D eigenvalue weighted by atomic mass is 16.5. The molecular weight excluding hydrogens is 458 g/mol. The molecule has 1 N–H and O–H groups in total. The van der Waals surface area contributed by atoms with Crippen LogP contribution in [-0.4, -0.2) is 26.9 Å². The van der Waals surface area contributed by atoms with Gasteiger partial charge in [0, 0.05) is 10.9 Å². The van der Waals surface area contributed by atoms with E-state index in [-0.39, 0.29) is 18.2 Å². The van der Waals surface area contributed by atoms with Crippen molar-refractivity contribution in [3.63, 3.8) is 0 Å². The predicted octanol–water partition coefficient (Wildman–Crippen LogP) is 5.40. The Balaban J connectivity index is 1.63. The third-order valence-corrected chi connectivity index (χ3v) is 7.21. The molecule has 0 spiro atoms. The number of aliphatic hydroxyl groups is 1. The average Bonchev–Trinajstić information content (AvgIpc) is 3.61. The van der Waals surface area contributed by atoms with Crippen molar-refractivity contribution in [3.05, 3.63) is 75.2 Å². The van der Waals surface area contributed by atoms with Gasteiger partial charge in [0.25, 0.3) is 0 Å². The Morgan fingerprint density at radius 3 is 2.69 bits per heavy atom. The van der Waals surface area contributed by atoms with E-state index in [4.69, 9.17) is 13.7 Å². The zero-order valence-electron chi connectivity index (χ0n) is 20.7. The maximum absolute atomic E-state index is 13.2. The van der Waals surface area contributed by atoms with Gasteiger partial charge in [-0.15, -0.1) is 0 Å². The van der Waals surface area contributed by atoms with E-state index >= 15 is 0 Å². The van der Waals surface area contributed by atoms with Crippen LogP contribution in [0.3, 0.4) is 0 Å². The van der Waals surface area contributed by atoms with E-state index in [0.29, 0.717) is 39.5 Å². The first kappa shape index (κ1) is 22.5. The van der Waals surface area contributed by atoms with Crippen LogP contribution in [0.15, 0.2) is 50.1 Å². The van der Waals surface area contributed by atoms with Crippen molar-refractivity contribution in [1.82, 2.24) is 14.7 Å². The van der Waals surface area contributed by atoms with Gasteiger partial charge in [0.15, 0.2) is 5.58 Å². The summed E-state index contributed by atoms with van der Waals surface area (Å²) in [6.45, 7) is 5.34. The molecule has 0 radical (unpaired) electrons. The first-order valence-electron chi connectivity index (χ1n) is 12.1. The van der Waals surface area contributed by atoms with Gasteiger partial charge in [-0.05, 0) is 62.8 Å². The van der Waals surface area contributed by atoms with Gasteiger partial charge in [0.05, 0.1) is 36.5 Å². The molecule has 0 amide bonds. The molecule has 1 atom stereocenters. The third-order valence-electron chi connectivity index (χ3n) is 7.21. The summed E-state index contributed by atoms with van der Waals surface area (Å²) in [4.78, 5) is 17.9. The van der Waals surface area contributed by atoms with Crippen LogP contribution in [0.5, 0.6) is 5.75 Å². The Morgan fingerprint density at radius 2 is 2.03 bits per heavy atom. The Kier molecular flexibility index (Phi) is 5.22. The number of hydrogen-bond donors (Lipinski definition) is 1. The van der Waals surface area contributed by atoms with E-state index in [2.05, 4.69) is 22.3 Å². The number of ether oxygens (including phenoxy) is 1. The molecule has 36 heavy (non-hydrogen) atoms. The molecule has 1 aliphatic carbocycles. The molecule has 1 aliphatic rings. The summed E-state index contributed by atoms with van der Waals surface area (Å²) >= 11 is 0. The number of nitrogens with zero attached hydrogens (tertiary/aromatic N) is 3. The lowest BCUT2D eigenvalue weighted by atomic mass is 9.99. The number of aliphatic hydroxyl groups excluding tert-OH is 1. The molecule has 5 aromatic rings. The molecule has 0 bridgehead atoms. The highest BCUT2D eigenvalue weighted by Gasteiger charge is 2.27. The van der Waals surface area contributed by atoms with E-state index in [1.807, 2.05) is 45.0 Å². The molecule has 0 aliphatic heterocycles. The number of hydrogen-bond acceptors (Lipinski definition) is 7. The van der Waals surface area contributed by atoms with Crippen LogP contribution < -0.4 is 10.5 Å². The number of rotatable bonds is 6. The van der Waals surface area contributed by atoms with Gasteiger partial charge >= 0.3 is 5.76 Å². The summed E-state index contributed by atoms with van der Waals surface area (Å²) in [5.41, 5.74) is 6.45. The molecule has 3 heterocycles. The zero-order chi connectivity index (χ0) is 25.1. The summed E-state index contributed by atoms with van der Waals surface area (Å²) in [6.07, 6.45) is 2.41. The number of benzene rings is 2. The van der Waals surface area contributed by atoms with Gasteiger partial charge in [-0.2, -0.15) is 0 Å². The average molecular weight is 486 g/mol. The van der Waals surface area contributed by atoms with Crippen molar-refractivity contribution >= 4 is 22.0 Å². The maximum Gasteiger partial charge on any atom is 0.420 e. The summed E-state index contributed by atoms with van der Waals surface area (Å²) < 4.78 is 18.5. The largest absolute Gasteiger partial charge is 0.496 e. The van der Waals surface area contributed by atoms with Crippen LogP contribution in [0, 0.1) is 13.8 Å². The van der Waals surface area contributed by atoms with Crippen molar-refractivity contribution in [1.29, 1.82) is 0 Å². The monoisotopic (exact) mass is 485 g/mol. The number of oxazole rings is 1. The minimum Gasteiger partial charge on any atom is -0.496 e. The summed E-state index contributed by atoms with van der Waals surface area (Å²) in [6, 6.07) is 11.9. The van der Waals surface area contributed by atoms with Gasteiger partial charge in [-0.3, -0.25) is 4.57 Å². The van der Waals surface area contributed by atoms with Crippen LogP contribution in [0.2, 0.25) is 0 Å². The first-order valence-corrected chi connectivity index (χ1v) is 12.1. The predicted molar refractivity (Wildman–Crippen MR) is 135 cm³/mol. The fraction of sp³-hybridized carbons (Fsp3) is 0.321. The van der Waals surface area contributed by atoms with Crippen LogP contribution in [-0.2, 0) is 6.61 Å². The molecule has 3 aromatic heterocycles. The molecule has 1 saturated carbocycles. The fourth-order valence-electron chi connectivity index (χ4n) is 5.21. The van der Waals surface area contributed by atoms with Crippen molar-refractivity contribution in [2.45, 2.75) is 52.2 Å². The maximum atomic E-state index is 13.2. The van der Waals surface area contributed by atoms with E-state index in [9.17, 15) is 9.90 Å². The topological polar surface area (TPSA) is 104 Å². The number of aromatic nitrogens is 3. The second-order valence-electron chi connectivity index (χ2n) is 9.52. The van der Waals surface area contributed by atoms with Gasteiger partial charge < -0.3 is 18.8 Å². The lowest BCUT2D eigenvalue weighted by Crippen LogP contribution is -2.19. The first-order chi connectivity index (χ1) is 17.4. The zero-order valence-corrected chi connectivity index (χ0v) is 20.7. The third kappa shape index (κ3) is 3.44. The Hall–Kier alpha value is -3.91. The molecule has 8 heteroatoms. The van der Waals surface area contributed by atoms with Crippen molar-refractivity contribution < 1.29 is 18.8 Å².